The van der Waals surface area contributed by atoms with Crippen molar-refractivity contribution in [2.24, 2.45) is 16.6 Å². The van der Waals surface area contributed by atoms with E-state index >= 15 is 0 Å². The molecule has 1 aromatic carbocycles. The Hall–Kier alpha value is -1.39. The van der Waals surface area contributed by atoms with Crippen LogP contribution in [0.4, 0.5) is 5.69 Å². The zero-order chi connectivity index (χ0) is 19.9. The van der Waals surface area contributed by atoms with Gasteiger partial charge in [-0.15, -0.1) is 35.3 Å². The van der Waals surface area contributed by atoms with Gasteiger partial charge in [0.05, 0.1) is 16.8 Å². The first-order valence-corrected chi connectivity index (χ1v) is 10.8. The van der Waals surface area contributed by atoms with Gasteiger partial charge < -0.3 is 15.8 Å². The van der Waals surface area contributed by atoms with Gasteiger partial charge in [-0.1, -0.05) is 0 Å². The van der Waals surface area contributed by atoms with Crippen LogP contribution in [0.2, 0.25) is 0 Å². The van der Waals surface area contributed by atoms with Crippen LogP contribution in [0.15, 0.2) is 34.6 Å². The molecular formula is C21H32IN5OS. The molecule has 0 bridgehead atoms. The second kappa shape index (κ2) is 11.7. The van der Waals surface area contributed by atoms with Gasteiger partial charge in [0.2, 0.25) is 0 Å². The maximum atomic E-state index is 6.06. The molecule has 0 atom stereocenters. The van der Waals surface area contributed by atoms with Gasteiger partial charge in [0.15, 0.2) is 5.96 Å². The SMILES string of the molecule is Cc1nc(CN2CCC(CN=C(N)Nc3ccc(OC(C)C)cc3)CC2)cs1.I. The lowest BCUT2D eigenvalue weighted by Gasteiger charge is -2.30. The fourth-order valence-electron chi connectivity index (χ4n) is 3.34. The first kappa shape index (κ1) is 23.9. The third-order valence-electron chi connectivity index (χ3n) is 4.78. The number of aliphatic imine (C=N–C) groups is 1. The summed E-state index contributed by atoms with van der Waals surface area (Å²) < 4.78 is 5.65. The molecule has 6 nitrogen and oxygen atoms in total. The lowest BCUT2D eigenvalue weighted by atomic mass is 9.97. The van der Waals surface area contributed by atoms with Crippen molar-refractivity contribution in [1.29, 1.82) is 0 Å². The predicted octanol–water partition coefficient (Wildman–Crippen LogP) is 4.50. The highest BCUT2D eigenvalue weighted by atomic mass is 127. The molecule has 1 saturated heterocycles. The molecule has 2 aromatic rings. The van der Waals surface area contributed by atoms with Gasteiger partial charge in [-0.25, -0.2) is 4.98 Å². The van der Waals surface area contributed by atoms with Gasteiger partial charge in [-0.05, 0) is 76.9 Å². The molecule has 3 rings (SSSR count). The number of guanidine groups is 1. The fraction of sp³-hybridized carbons (Fsp3) is 0.524. The first-order valence-electron chi connectivity index (χ1n) is 9.95. The van der Waals surface area contributed by atoms with Crippen LogP contribution in [0.3, 0.4) is 0 Å². The Balaban J connectivity index is 0.00000300. The van der Waals surface area contributed by atoms with Crippen molar-refractivity contribution in [1.82, 2.24) is 9.88 Å². The highest BCUT2D eigenvalue weighted by Gasteiger charge is 2.19. The van der Waals surface area contributed by atoms with Crippen LogP contribution in [-0.2, 0) is 6.54 Å². The molecule has 160 valence electrons. The molecule has 0 unspecified atom stereocenters. The van der Waals surface area contributed by atoms with Gasteiger partial charge in [0, 0.05) is 24.2 Å². The lowest BCUT2D eigenvalue weighted by Crippen LogP contribution is -2.34. The Morgan fingerprint density at radius 1 is 1.31 bits per heavy atom. The zero-order valence-electron chi connectivity index (χ0n) is 17.4. The van der Waals surface area contributed by atoms with Crippen molar-refractivity contribution in [3.8, 4) is 5.75 Å². The number of hydrogen-bond donors (Lipinski definition) is 2. The molecule has 0 aliphatic carbocycles. The minimum absolute atomic E-state index is 0. The number of rotatable bonds is 7. The van der Waals surface area contributed by atoms with E-state index in [1.165, 1.54) is 5.69 Å². The van der Waals surface area contributed by atoms with E-state index in [1.54, 1.807) is 11.3 Å². The molecule has 0 amide bonds. The third-order valence-corrected chi connectivity index (χ3v) is 5.60. The first-order chi connectivity index (χ1) is 13.5. The van der Waals surface area contributed by atoms with E-state index in [0.717, 1.165) is 55.5 Å². The number of piperidine rings is 1. The van der Waals surface area contributed by atoms with Crippen LogP contribution in [0, 0.1) is 12.8 Å². The third kappa shape index (κ3) is 8.10. The second-order valence-electron chi connectivity index (χ2n) is 7.62. The summed E-state index contributed by atoms with van der Waals surface area (Å²) in [4.78, 5) is 11.6. The molecule has 0 saturated carbocycles. The van der Waals surface area contributed by atoms with Crippen LogP contribution in [0.5, 0.6) is 5.75 Å². The van der Waals surface area contributed by atoms with Crippen LogP contribution in [0.1, 0.15) is 37.4 Å². The predicted molar refractivity (Wildman–Crippen MR) is 133 cm³/mol. The number of aryl methyl sites for hydroxylation is 1. The molecular weight excluding hydrogens is 497 g/mol. The molecule has 3 N–H and O–H groups in total. The maximum Gasteiger partial charge on any atom is 0.193 e. The summed E-state index contributed by atoms with van der Waals surface area (Å²) in [5.41, 5.74) is 8.18. The number of anilines is 1. The normalized spacial score (nSPS) is 15.9. The zero-order valence-corrected chi connectivity index (χ0v) is 20.6. The van der Waals surface area contributed by atoms with E-state index in [4.69, 9.17) is 10.5 Å². The summed E-state index contributed by atoms with van der Waals surface area (Å²) >= 11 is 1.73. The Morgan fingerprint density at radius 3 is 2.59 bits per heavy atom. The molecule has 0 radical (unpaired) electrons. The number of likely N-dealkylation sites (tertiary alicyclic amines) is 1. The van der Waals surface area contributed by atoms with Crippen LogP contribution in [-0.4, -0.2) is 41.6 Å². The van der Waals surface area contributed by atoms with Crippen molar-refractivity contribution < 1.29 is 4.74 Å². The van der Waals surface area contributed by atoms with E-state index in [1.807, 2.05) is 38.1 Å². The Bertz CT molecular complexity index is 770. The highest BCUT2D eigenvalue weighted by molar-refractivity contribution is 14.0. The fourth-order valence-corrected chi connectivity index (χ4v) is 3.94. The lowest BCUT2D eigenvalue weighted by molar-refractivity contribution is 0.179. The molecule has 2 heterocycles. The van der Waals surface area contributed by atoms with E-state index in [-0.39, 0.29) is 30.1 Å². The summed E-state index contributed by atoms with van der Waals surface area (Å²) in [7, 11) is 0. The van der Waals surface area contributed by atoms with E-state index in [0.29, 0.717) is 11.9 Å². The molecule has 1 aliphatic heterocycles. The number of nitrogens with two attached hydrogens (primary N) is 1. The number of thiazole rings is 1. The van der Waals surface area contributed by atoms with Crippen molar-refractivity contribution >= 4 is 47.0 Å². The van der Waals surface area contributed by atoms with Gasteiger partial charge in [0.25, 0.3) is 0 Å². The number of aromatic nitrogens is 1. The number of nitrogens with zero attached hydrogens (tertiary/aromatic N) is 3. The van der Waals surface area contributed by atoms with Gasteiger partial charge in [0.1, 0.15) is 5.75 Å². The van der Waals surface area contributed by atoms with Gasteiger partial charge >= 0.3 is 0 Å². The second-order valence-corrected chi connectivity index (χ2v) is 8.68. The van der Waals surface area contributed by atoms with Crippen LogP contribution in [0.25, 0.3) is 0 Å². The summed E-state index contributed by atoms with van der Waals surface area (Å²) in [6.45, 7) is 10.0. The highest BCUT2D eigenvalue weighted by Crippen LogP contribution is 2.20. The molecule has 29 heavy (non-hydrogen) atoms. The number of ether oxygens (including phenoxy) is 1. The van der Waals surface area contributed by atoms with E-state index < -0.39 is 0 Å². The minimum Gasteiger partial charge on any atom is -0.491 e. The molecule has 1 fully saturated rings. The maximum absolute atomic E-state index is 6.06. The summed E-state index contributed by atoms with van der Waals surface area (Å²) in [5, 5.41) is 6.47. The summed E-state index contributed by atoms with van der Waals surface area (Å²) in [6.07, 6.45) is 2.48. The average molecular weight is 529 g/mol. The summed E-state index contributed by atoms with van der Waals surface area (Å²) in [5.74, 6) is 1.92. The number of nitrogens with one attached hydrogen (secondary N) is 1. The molecule has 1 aliphatic rings. The molecule has 8 heteroatoms. The largest absolute Gasteiger partial charge is 0.491 e. The van der Waals surface area contributed by atoms with Gasteiger partial charge in [-0.2, -0.15) is 0 Å². The van der Waals surface area contributed by atoms with Crippen LogP contribution < -0.4 is 15.8 Å². The Kier molecular flexibility index (Phi) is 9.64. The minimum atomic E-state index is 0. The number of hydrogen-bond acceptors (Lipinski definition) is 5. The van der Waals surface area contributed by atoms with Crippen molar-refractivity contribution in [3.05, 3.63) is 40.3 Å². The van der Waals surface area contributed by atoms with Gasteiger partial charge in [-0.3, -0.25) is 9.89 Å². The smallest absolute Gasteiger partial charge is 0.193 e. The van der Waals surface area contributed by atoms with Crippen molar-refractivity contribution in [3.63, 3.8) is 0 Å². The van der Waals surface area contributed by atoms with Crippen molar-refractivity contribution in [2.75, 3.05) is 25.0 Å². The quantitative estimate of drug-likeness (QED) is 0.314. The monoisotopic (exact) mass is 529 g/mol. The molecule has 0 spiro atoms. The van der Waals surface area contributed by atoms with Crippen molar-refractivity contribution in [2.45, 2.75) is 46.3 Å². The standard InChI is InChI=1S/C21H31N5OS.HI/c1-15(2)27-20-6-4-18(5-7-20)25-21(22)23-12-17-8-10-26(11-9-17)13-19-14-28-16(3)24-19;/h4-7,14-15,17H,8-13H2,1-3H3,(H3,22,23,25);1H. The topological polar surface area (TPSA) is 75.8 Å². The number of halogens is 1. The van der Waals surface area contributed by atoms with Crippen LogP contribution >= 0.6 is 35.3 Å². The summed E-state index contributed by atoms with van der Waals surface area (Å²) in [6, 6.07) is 7.79. The van der Waals surface area contributed by atoms with E-state index in [9.17, 15) is 0 Å². The Morgan fingerprint density at radius 2 is 2.00 bits per heavy atom. The number of benzene rings is 1. The van der Waals surface area contributed by atoms with E-state index in [2.05, 4.69) is 32.5 Å². The molecule has 1 aromatic heterocycles. The average Bonchev–Trinajstić information content (AvgIpc) is 3.07. The Labute approximate surface area is 195 Å².